The molecule has 0 radical (unpaired) electrons. The van der Waals surface area contributed by atoms with E-state index in [9.17, 15) is 18.5 Å². The SMILES string of the molecule is NOS(=O)(=O)[N+](=O)[O-]. The molecule has 0 amide bonds. The molecule has 0 aromatic carbocycles. The Kier molecular flexibility index (Phi) is 1.84. The monoisotopic (exact) mass is 142 g/mol. The summed E-state index contributed by atoms with van der Waals surface area (Å²) >= 11 is 0. The standard InChI is InChI=1S/H2N2O5S/c1-7-8(5,6)2(3)4/h1H2. The van der Waals surface area contributed by atoms with Crippen molar-refractivity contribution in [2.45, 2.75) is 0 Å². The first-order chi connectivity index (χ1) is 3.50. The van der Waals surface area contributed by atoms with Gasteiger partial charge < -0.3 is 0 Å². The van der Waals surface area contributed by atoms with Crippen LogP contribution in [0.5, 0.6) is 0 Å². The van der Waals surface area contributed by atoms with Gasteiger partial charge in [0.05, 0.1) is 0 Å². The van der Waals surface area contributed by atoms with Crippen LogP contribution in [-0.4, -0.2) is 12.7 Å². The van der Waals surface area contributed by atoms with Crippen LogP contribution < -0.4 is 5.90 Å². The molecule has 48 valence electrons. The normalized spacial score (nSPS) is 11.1. The molecular formula is H2N2O5S. The molecule has 0 heterocycles. The number of rotatable bonds is 2. The van der Waals surface area contributed by atoms with Gasteiger partial charge in [0.25, 0.3) is 0 Å². The Morgan fingerprint density at radius 1 is 1.62 bits per heavy atom. The van der Waals surface area contributed by atoms with Crippen molar-refractivity contribution >= 4 is 10.3 Å². The van der Waals surface area contributed by atoms with Gasteiger partial charge in [0, 0.05) is 0 Å². The Morgan fingerprint density at radius 3 is 2.00 bits per heavy atom. The summed E-state index contributed by atoms with van der Waals surface area (Å²) in [6.07, 6.45) is 0. The van der Waals surface area contributed by atoms with Gasteiger partial charge in [0.15, 0.2) is 4.33 Å². The van der Waals surface area contributed by atoms with Crippen LogP contribution in [-0.2, 0) is 14.6 Å². The number of nitrogens with zero attached hydrogens (tertiary/aromatic N) is 1. The molecule has 0 aliphatic carbocycles. The highest BCUT2D eigenvalue weighted by atomic mass is 32.2. The molecule has 0 atom stereocenters. The van der Waals surface area contributed by atoms with Crippen LogP contribution >= 0.6 is 0 Å². The van der Waals surface area contributed by atoms with Crippen LogP contribution in [0.4, 0.5) is 0 Å². The summed E-state index contributed by atoms with van der Waals surface area (Å²) in [4.78, 5) is 9.26. The maximum absolute atomic E-state index is 9.65. The second kappa shape index (κ2) is 2.03. The van der Waals surface area contributed by atoms with Gasteiger partial charge >= 0.3 is 10.3 Å². The van der Waals surface area contributed by atoms with Gasteiger partial charge in [-0.05, 0) is 0 Å². The average molecular weight is 142 g/mol. The van der Waals surface area contributed by atoms with E-state index in [2.05, 4.69) is 10.2 Å². The van der Waals surface area contributed by atoms with Crippen LogP contribution in [0.15, 0.2) is 0 Å². The number of hydrogen-bond acceptors (Lipinski definition) is 6. The molecule has 2 N–H and O–H groups in total. The van der Waals surface area contributed by atoms with Gasteiger partial charge in [-0.15, -0.1) is 12.7 Å². The molecule has 8 heavy (non-hydrogen) atoms. The van der Waals surface area contributed by atoms with Gasteiger partial charge in [0.1, 0.15) is 0 Å². The molecule has 0 bridgehead atoms. The predicted octanol–water partition coefficient (Wildman–Crippen LogP) is -1.60. The Hall–Kier alpha value is -0.730. The van der Waals surface area contributed by atoms with Crippen LogP contribution in [0.25, 0.3) is 0 Å². The lowest BCUT2D eigenvalue weighted by molar-refractivity contribution is -0.319. The minimum atomic E-state index is -4.74. The Morgan fingerprint density at radius 2 is 2.00 bits per heavy atom. The molecule has 8 heteroatoms. The quantitative estimate of drug-likeness (QED) is 0.367. The summed E-state index contributed by atoms with van der Waals surface area (Å²) in [5.41, 5.74) is 0. The molecule has 0 aromatic rings. The number of hydrogen-bond donors (Lipinski definition) is 1. The van der Waals surface area contributed by atoms with Crippen LogP contribution in [0.1, 0.15) is 0 Å². The Bertz CT molecular complexity index is 177. The van der Waals surface area contributed by atoms with E-state index in [1.165, 1.54) is 0 Å². The minimum Gasteiger partial charge on any atom is -0.245 e. The van der Waals surface area contributed by atoms with E-state index in [1.807, 2.05) is 0 Å². The van der Waals surface area contributed by atoms with Gasteiger partial charge in [-0.1, -0.05) is 0 Å². The zero-order chi connectivity index (χ0) is 6.78. The maximum atomic E-state index is 9.65. The Balaban J connectivity index is 4.42. The summed E-state index contributed by atoms with van der Waals surface area (Å²) in [6.45, 7) is 0. The van der Waals surface area contributed by atoms with Gasteiger partial charge in [-0.2, -0.15) is 5.90 Å². The third-order valence-electron chi connectivity index (χ3n) is 0.304. The summed E-state index contributed by atoms with van der Waals surface area (Å²) in [5.74, 6) is 3.98. The van der Waals surface area contributed by atoms with Crippen LogP contribution in [0.3, 0.4) is 0 Å². The summed E-state index contributed by atoms with van der Waals surface area (Å²) in [7, 11) is -4.74. The molecule has 0 saturated carbocycles. The lowest BCUT2D eigenvalue weighted by Crippen LogP contribution is -2.19. The van der Waals surface area contributed by atoms with Crippen molar-refractivity contribution in [2.75, 3.05) is 0 Å². The lowest BCUT2D eigenvalue weighted by Gasteiger charge is -1.84. The molecule has 0 aromatic heterocycles. The molecule has 0 fully saturated rings. The minimum absolute atomic E-state index is 1.63. The van der Waals surface area contributed by atoms with Gasteiger partial charge in [-0.25, -0.2) is 10.1 Å². The van der Waals surface area contributed by atoms with Crippen molar-refractivity contribution < 1.29 is 17.0 Å². The van der Waals surface area contributed by atoms with Crippen LogP contribution in [0.2, 0.25) is 0 Å². The molecule has 0 rings (SSSR count). The highest BCUT2D eigenvalue weighted by Gasteiger charge is 2.23. The van der Waals surface area contributed by atoms with Gasteiger partial charge in [-0.3, -0.25) is 0 Å². The maximum Gasteiger partial charge on any atom is 0.582 e. The molecule has 0 saturated heterocycles. The smallest absolute Gasteiger partial charge is 0.245 e. The molecular weight excluding hydrogens is 140 g/mol. The molecule has 0 aliphatic rings. The Labute approximate surface area is 44.4 Å². The van der Waals surface area contributed by atoms with Crippen molar-refractivity contribution in [1.29, 1.82) is 0 Å². The molecule has 0 unspecified atom stereocenters. The van der Waals surface area contributed by atoms with Crippen molar-refractivity contribution in [3.8, 4) is 0 Å². The van der Waals surface area contributed by atoms with Gasteiger partial charge in [0.2, 0.25) is 0 Å². The van der Waals surface area contributed by atoms with E-state index in [4.69, 9.17) is 0 Å². The number of nitrogens with two attached hydrogens (primary N) is 1. The first-order valence-electron chi connectivity index (χ1n) is 1.28. The highest BCUT2D eigenvalue weighted by Crippen LogP contribution is 1.84. The number of nitro groups is 1. The average Bonchev–Trinajstić information content (AvgIpc) is 1.67. The zero-order valence-electron chi connectivity index (χ0n) is 3.47. The van der Waals surface area contributed by atoms with Crippen molar-refractivity contribution in [3.63, 3.8) is 0 Å². The molecule has 0 aliphatic heterocycles. The van der Waals surface area contributed by atoms with E-state index < -0.39 is 14.6 Å². The largest absolute Gasteiger partial charge is 0.582 e. The third-order valence-corrected chi connectivity index (χ3v) is 0.913. The predicted molar refractivity (Wildman–Crippen MR) is 21.2 cm³/mol. The van der Waals surface area contributed by atoms with Crippen molar-refractivity contribution in [3.05, 3.63) is 10.1 Å². The third kappa shape index (κ3) is 1.40. The summed E-state index contributed by atoms with van der Waals surface area (Å²) in [5, 5.41) is 9.26. The van der Waals surface area contributed by atoms with Crippen molar-refractivity contribution in [1.82, 2.24) is 0 Å². The van der Waals surface area contributed by atoms with Crippen molar-refractivity contribution in [2.24, 2.45) is 5.90 Å². The van der Waals surface area contributed by atoms with E-state index in [0.717, 1.165) is 0 Å². The summed E-state index contributed by atoms with van der Waals surface area (Å²) in [6, 6.07) is 0. The fourth-order valence-corrected chi connectivity index (χ4v) is 0.105. The van der Waals surface area contributed by atoms with Crippen LogP contribution in [0, 0.1) is 10.1 Å². The highest BCUT2D eigenvalue weighted by molar-refractivity contribution is 7.80. The first kappa shape index (κ1) is 7.27. The van der Waals surface area contributed by atoms with E-state index >= 15 is 0 Å². The second-order valence-corrected chi connectivity index (χ2v) is 2.09. The first-order valence-corrected chi connectivity index (χ1v) is 2.65. The summed E-state index contributed by atoms with van der Waals surface area (Å²) < 4.78 is 20.6. The van der Waals surface area contributed by atoms with E-state index in [1.54, 1.807) is 0 Å². The fraction of sp³-hybridized carbons (Fsp3) is 0. The fourth-order valence-electron chi connectivity index (χ4n) is 0.0351. The lowest BCUT2D eigenvalue weighted by atomic mass is 13.4. The topological polar surface area (TPSA) is 113 Å². The second-order valence-electron chi connectivity index (χ2n) is 0.748. The molecule has 0 spiro atoms. The van der Waals surface area contributed by atoms with E-state index in [0.29, 0.717) is 0 Å². The van der Waals surface area contributed by atoms with E-state index in [-0.39, 0.29) is 0 Å². The zero-order valence-corrected chi connectivity index (χ0v) is 4.29. The molecule has 7 nitrogen and oxygen atoms in total.